The molecule has 4 aromatic rings. The fourth-order valence-corrected chi connectivity index (χ4v) is 3.55. The lowest BCUT2D eigenvalue weighted by atomic mass is 10.0. The average molecular weight is 376 g/mol. The molecule has 4 rings (SSSR count). The van der Waals surface area contributed by atoms with Gasteiger partial charge in [0.2, 0.25) is 0 Å². The molecule has 0 fully saturated rings. The molecule has 1 aromatic heterocycles. The van der Waals surface area contributed by atoms with E-state index in [9.17, 15) is 4.79 Å². The molecule has 118 valence electrons. The van der Waals surface area contributed by atoms with Crippen molar-refractivity contribution in [3.8, 4) is 11.3 Å². The van der Waals surface area contributed by atoms with Gasteiger partial charge in [-0.2, -0.15) is 0 Å². The number of rotatable bonds is 1. The molecule has 2 nitrogen and oxygen atoms in total. The minimum Gasteiger partial charge on any atom is -0.454 e. The second kappa shape index (κ2) is 5.82. The van der Waals surface area contributed by atoms with Crippen LogP contribution < -0.4 is 5.43 Å². The van der Waals surface area contributed by atoms with E-state index in [1.807, 2.05) is 30.3 Å². The molecule has 0 saturated carbocycles. The molecule has 0 amide bonds. The van der Waals surface area contributed by atoms with E-state index < -0.39 is 0 Å². The zero-order chi connectivity index (χ0) is 16.8. The maximum Gasteiger partial charge on any atom is 0.193 e. The van der Waals surface area contributed by atoms with Crippen LogP contribution in [-0.4, -0.2) is 0 Å². The van der Waals surface area contributed by atoms with Gasteiger partial charge >= 0.3 is 0 Å². The van der Waals surface area contributed by atoms with E-state index in [0.29, 0.717) is 31.8 Å². The summed E-state index contributed by atoms with van der Waals surface area (Å²) in [5.74, 6) is 0.435. The van der Waals surface area contributed by atoms with Crippen LogP contribution in [0.25, 0.3) is 33.1 Å². The van der Waals surface area contributed by atoms with Gasteiger partial charge in [0.05, 0.1) is 10.4 Å². The molecular formula is C19H9Cl3O2. The van der Waals surface area contributed by atoms with E-state index in [2.05, 4.69) is 0 Å². The maximum absolute atomic E-state index is 12.5. The van der Waals surface area contributed by atoms with E-state index in [4.69, 9.17) is 39.2 Å². The summed E-state index contributed by atoms with van der Waals surface area (Å²) in [6.07, 6.45) is 0. The number of hydrogen-bond acceptors (Lipinski definition) is 2. The average Bonchev–Trinajstić information content (AvgIpc) is 2.56. The van der Waals surface area contributed by atoms with E-state index in [1.54, 1.807) is 18.2 Å². The Balaban J connectivity index is 2.08. The molecule has 0 saturated heterocycles. The zero-order valence-corrected chi connectivity index (χ0v) is 14.4. The number of hydrogen-bond donors (Lipinski definition) is 0. The Hall–Kier alpha value is -2.00. The first-order valence-corrected chi connectivity index (χ1v) is 8.28. The van der Waals surface area contributed by atoms with Crippen LogP contribution in [0.3, 0.4) is 0 Å². The van der Waals surface area contributed by atoms with Crippen molar-refractivity contribution in [1.82, 2.24) is 0 Å². The monoisotopic (exact) mass is 374 g/mol. The first-order valence-electron chi connectivity index (χ1n) is 7.15. The molecule has 24 heavy (non-hydrogen) atoms. The van der Waals surface area contributed by atoms with Crippen LogP contribution in [-0.2, 0) is 0 Å². The van der Waals surface area contributed by atoms with Gasteiger partial charge in [-0.25, -0.2) is 0 Å². The lowest BCUT2D eigenvalue weighted by Gasteiger charge is -2.09. The molecule has 0 atom stereocenters. The fraction of sp³-hybridized carbons (Fsp3) is 0. The molecule has 0 radical (unpaired) electrons. The van der Waals surface area contributed by atoms with Crippen molar-refractivity contribution in [2.75, 3.05) is 0 Å². The topological polar surface area (TPSA) is 30.2 Å². The van der Waals surface area contributed by atoms with E-state index >= 15 is 0 Å². The fourth-order valence-electron chi connectivity index (χ4n) is 2.79. The largest absolute Gasteiger partial charge is 0.454 e. The van der Waals surface area contributed by atoms with Gasteiger partial charge in [0.15, 0.2) is 11.0 Å². The molecule has 1 heterocycles. The van der Waals surface area contributed by atoms with Crippen molar-refractivity contribution < 1.29 is 4.42 Å². The third-order valence-electron chi connectivity index (χ3n) is 3.88. The van der Waals surface area contributed by atoms with Crippen LogP contribution in [0.5, 0.6) is 0 Å². The normalized spacial score (nSPS) is 11.3. The van der Waals surface area contributed by atoms with Crippen LogP contribution >= 0.6 is 34.8 Å². The highest BCUT2D eigenvalue weighted by Gasteiger charge is 2.13. The molecule has 0 N–H and O–H groups in total. The lowest BCUT2D eigenvalue weighted by Crippen LogP contribution is -2.01. The Labute approximate surface area is 152 Å². The summed E-state index contributed by atoms with van der Waals surface area (Å²) in [5.41, 5.74) is 0.900. The van der Waals surface area contributed by atoms with E-state index in [-0.39, 0.29) is 5.43 Å². The smallest absolute Gasteiger partial charge is 0.193 e. The van der Waals surface area contributed by atoms with Gasteiger partial charge in [-0.1, -0.05) is 59.1 Å². The molecule has 0 aliphatic rings. The van der Waals surface area contributed by atoms with Gasteiger partial charge in [-0.05, 0) is 29.7 Å². The first-order chi connectivity index (χ1) is 11.5. The van der Waals surface area contributed by atoms with Crippen LogP contribution in [0.4, 0.5) is 0 Å². The number of fused-ring (bicyclic) bond motifs is 2. The third-order valence-corrected chi connectivity index (χ3v) is 4.71. The van der Waals surface area contributed by atoms with Crippen molar-refractivity contribution in [2.45, 2.75) is 0 Å². The van der Waals surface area contributed by atoms with Gasteiger partial charge in [-0.15, -0.1) is 0 Å². The molecule has 0 unspecified atom stereocenters. The highest BCUT2D eigenvalue weighted by molar-refractivity contribution is 6.38. The van der Waals surface area contributed by atoms with E-state index in [0.717, 1.165) is 16.3 Å². The highest BCUT2D eigenvalue weighted by atomic mass is 35.5. The maximum atomic E-state index is 12.5. The second-order valence-electron chi connectivity index (χ2n) is 5.38. The lowest BCUT2D eigenvalue weighted by molar-refractivity contribution is 0.620. The van der Waals surface area contributed by atoms with Gasteiger partial charge in [0, 0.05) is 27.1 Å². The zero-order valence-electron chi connectivity index (χ0n) is 12.1. The number of benzene rings is 3. The molecule has 0 aliphatic carbocycles. The van der Waals surface area contributed by atoms with Crippen molar-refractivity contribution in [1.29, 1.82) is 0 Å². The Bertz CT molecular complexity index is 1160. The van der Waals surface area contributed by atoms with Crippen LogP contribution in [0, 0.1) is 0 Å². The van der Waals surface area contributed by atoms with Gasteiger partial charge in [-0.3, -0.25) is 4.79 Å². The second-order valence-corrected chi connectivity index (χ2v) is 6.63. The van der Waals surface area contributed by atoms with Crippen LogP contribution in [0.1, 0.15) is 0 Å². The minimum absolute atomic E-state index is 0.199. The van der Waals surface area contributed by atoms with Gasteiger partial charge in [0.25, 0.3) is 0 Å². The Morgan fingerprint density at radius 2 is 1.50 bits per heavy atom. The predicted octanol–water partition coefficient (Wildman–Crippen LogP) is 6.57. The molecule has 0 spiro atoms. The Kier molecular flexibility index (Phi) is 3.76. The molecule has 3 aromatic carbocycles. The summed E-state index contributed by atoms with van der Waals surface area (Å²) in [6, 6.07) is 15.9. The molecule has 0 aliphatic heterocycles. The van der Waals surface area contributed by atoms with Crippen molar-refractivity contribution in [3.05, 3.63) is 79.9 Å². The van der Waals surface area contributed by atoms with Crippen molar-refractivity contribution >= 4 is 56.5 Å². The summed E-state index contributed by atoms with van der Waals surface area (Å²) in [6.45, 7) is 0. The molecule has 0 bridgehead atoms. The summed E-state index contributed by atoms with van der Waals surface area (Å²) in [5, 5.41) is 3.48. The van der Waals surface area contributed by atoms with Crippen LogP contribution in [0.15, 0.2) is 63.8 Å². The Morgan fingerprint density at radius 1 is 0.750 bits per heavy atom. The summed E-state index contributed by atoms with van der Waals surface area (Å²) in [7, 11) is 0. The Morgan fingerprint density at radius 3 is 2.29 bits per heavy atom. The van der Waals surface area contributed by atoms with Crippen molar-refractivity contribution in [3.63, 3.8) is 0 Å². The quantitative estimate of drug-likeness (QED) is 0.376. The van der Waals surface area contributed by atoms with Crippen LogP contribution in [0.2, 0.25) is 15.1 Å². The molecular weight excluding hydrogens is 367 g/mol. The first kappa shape index (κ1) is 15.5. The number of halogens is 3. The van der Waals surface area contributed by atoms with Gasteiger partial charge < -0.3 is 4.42 Å². The summed E-state index contributed by atoms with van der Waals surface area (Å²) >= 11 is 18.4. The third kappa shape index (κ3) is 2.48. The van der Waals surface area contributed by atoms with E-state index in [1.165, 1.54) is 6.07 Å². The predicted molar refractivity (Wildman–Crippen MR) is 100 cm³/mol. The van der Waals surface area contributed by atoms with Crippen molar-refractivity contribution in [2.24, 2.45) is 0 Å². The molecule has 5 heteroatoms. The minimum atomic E-state index is -0.199. The SMILES string of the molecule is O=c1cc(-c2ccc(Cl)c3ccccc23)oc2c(Cl)cc(Cl)cc12. The van der Waals surface area contributed by atoms with Gasteiger partial charge in [0.1, 0.15) is 5.76 Å². The summed E-state index contributed by atoms with van der Waals surface area (Å²) < 4.78 is 5.93. The summed E-state index contributed by atoms with van der Waals surface area (Å²) in [4.78, 5) is 12.5. The standard InChI is InChI=1S/C19H9Cl3O2/c20-10-7-14-17(23)9-18(24-19(14)16(22)8-10)13-5-6-15(21)12-4-2-1-3-11(12)13/h1-9H. The highest BCUT2D eigenvalue weighted by Crippen LogP contribution is 2.35.